The number of rotatable bonds is 5. The Morgan fingerprint density at radius 2 is 1.69 bits per heavy atom. The monoisotopic (exact) mass is 415 g/mol. The molecule has 0 radical (unpaired) electrons. The van der Waals surface area contributed by atoms with E-state index in [4.69, 9.17) is 9.47 Å². The first-order valence-electron chi connectivity index (χ1n) is 8.36. The number of methoxy groups -OCH3 is 2. The highest BCUT2D eigenvalue weighted by Gasteiger charge is 2.37. The Morgan fingerprint density at radius 1 is 1.00 bits per heavy atom. The van der Waals surface area contributed by atoms with Gasteiger partial charge in [-0.15, -0.1) is 0 Å². The fourth-order valence-corrected chi connectivity index (χ4v) is 4.12. The highest BCUT2D eigenvalue weighted by Crippen LogP contribution is 2.35. The number of allylic oxidation sites excluding steroid dienone is 2. The zero-order valence-corrected chi connectivity index (χ0v) is 16.6. The summed E-state index contributed by atoms with van der Waals surface area (Å²) in [5.74, 6) is -1.93. The molecule has 2 aromatic rings. The first-order valence-corrected chi connectivity index (χ1v) is 10.2. The normalized spacial score (nSPS) is 13.4. The Balaban J connectivity index is 2.27. The molecule has 0 atom stereocenters. The van der Waals surface area contributed by atoms with E-state index < -0.39 is 33.3 Å². The standard InChI is InChI=1S/C20H17NO7S/c1-27-17-10-6-8-13-16(22)11-15(19(23)18(13)17)21(29(3,25)26)14-9-5-4-7-12(14)20(24)28-2/h4-11H,1-3H3. The summed E-state index contributed by atoms with van der Waals surface area (Å²) in [7, 11) is -1.63. The second kappa shape index (κ2) is 7.51. The molecule has 150 valence electrons. The molecule has 9 heteroatoms. The van der Waals surface area contributed by atoms with E-state index in [0.717, 1.165) is 19.4 Å². The third kappa shape index (κ3) is 3.52. The first-order chi connectivity index (χ1) is 13.7. The van der Waals surface area contributed by atoms with Crippen molar-refractivity contribution in [1.29, 1.82) is 0 Å². The number of fused-ring (bicyclic) bond motifs is 1. The van der Waals surface area contributed by atoms with Crippen molar-refractivity contribution in [1.82, 2.24) is 0 Å². The predicted molar refractivity (Wildman–Crippen MR) is 105 cm³/mol. The van der Waals surface area contributed by atoms with Crippen LogP contribution in [0.1, 0.15) is 31.1 Å². The van der Waals surface area contributed by atoms with Gasteiger partial charge in [0.1, 0.15) is 11.4 Å². The predicted octanol–water partition coefficient (Wildman–Crippen LogP) is 2.21. The summed E-state index contributed by atoms with van der Waals surface area (Å²) in [5, 5.41) is 0. The largest absolute Gasteiger partial charge is 0.496 e. The van der Waals surface area contributed by atoms with Gasteiger partial charge in [-0.2, -0.15) is 0 Å². The number of hydrogen-bond acceptors (Lipinski definition) is 7. The summed E-state index contributed by atoms with van der Waals surface area (Å²) in [6.45, 7) is 0. The molecular weight excluding hydrogens is 398 g/mol. The minimum Gasteiger partial charge on any atom is -0.496 e. The molecule has 1 aliphatic rings. The molecule has 8 nitrogen and oxygen atoms in total. The van der Waals surface area contributed by atoms with Crippen molar-refractivity contribution >= 4 is 33.2 Å². The van der Waals surface area contributed by atoms with E-state index in [9.17, 15) is 22.8 Å². The number of carbonyl (C=O) groups excluding carboxylic acids is 3. The van der Waals surface area contributed by atoms with Crippen LogP contribution in [0.15, 0.2) is 54.2 Å². The van der Waals surface area contributed by atoms with Crippen LogP contribution < -0.4 is 9.04 Å². The van der Waals surface area contributed by atoms with Gasteiger partial charge in [-0.3, -0.25) is 9.59 Å². The van der Waals surface area contributed by atoms with Crippen LogP contribution in [0.4, 0.5) is 5.69 Å². The van der Waals surface area contributed by atoms with Crippen molar-refractivity contribution in [3.8, 4) is 5.75 Å². The second-order valence-corrected chi connectivity index (χ2v) is 7.97. The summed E-state index contributed by atoms with van der Waals surface area (Å²) in [6, 6.07) is 10.3. The summed E-state index contributed by atoms with van der Waals surface area (Å²) >= 11 is 0. The van der Waals surface area contributed by atoms with Gasteiger partial charge in [0.15, 0.2) is 5.78 Å². The Hall–Kier alpha value is -3.46. The van der Waals surface area contributed by atoms with Gasteiger partial charge in [0.25, 0.3) is 0 Å². The third-order valence-corrected chi connectivity index (χ3v) is 5.37. The highest BCUT2D eigenvalue weighted by molar-refractivity contribution is 7.92. The molecule has 0 unspecified atom stereocenters. The molecule has 3 rings (SSSR count). The fourth-order valence-electron chi connectivity index (χ4n) is 3.11. The topological polar surface area (TPSA) is 107 Å². The van der Waals surface area contributed by atoms with E-state index in [0.29, 0.717) is 4.31 Å². The van der Waals surface area contributed by atoms with Crippen LogP contribution in [-0.2, 0) is 14.8 Å². The maximum atomic E-state index is 13.2. The molecule has 0 N–H and O–H groups in total. The van der Waals surface area contributed by atoms with Gasteiger partial charge in [-0.1, -0.05) is 24.3 Å². The lowest BCUT2D eigenvalue weighted by atomic mass is 9.91. The number of benzene rings is 2. The molecule has 0 saturated heterocycles. The molecule has 1 aliphatic carbocycles. The third-order valence-electron chi connectivity index (χ3n) is 4.32. The summed E-state index contributed by atoms with van der Waals surface area (Å²) in [6.07, 6.45) is 1.82. The number of Topliss-reactive ketones (excluding diaryl/α,β-unsaturated/α-hetero) is 1. The SMILES string of the molecule is COC(=O)c1ccccc1N(C1=CC(=O)c2cccc(OC)c2C1=O)S(C)(=O)=O. The van der Waals surface area contributed by atoms with E-state index in [2.05, 4.69) is 0 Å². The molecule has 0 amide bonds. The van der Waals surface area contributed by atoms with Crippen molar-refractivity contribution in [2.24, 2.45) is 0 Å². The Bertz CT molecular complexity index is 1170. The minimum atomic E-state index is -4.12. The van der Waals surface area contributed by atoms with Crippen LogP contribution in [0, 0.1) is 0 Å². The quantitative estimate of drug-likeness (QED) is 0.689. The van der Waals surface area contributed by atoms with E-state index in [1.165, 1.54) is 43.5 Å². The second-order valence-electron chi connectivity index (χ2n) is 6.14. The molecule has 2 aromatic carbocycles. The number of anilines is 1. The number of para-hydroxylation sites is 1. The number of ether oxygens (including phenoxy) is 2. The number of ketones is 2. The van der Waals surface area contributed by atoms with Crippen LogP contribution in [0.5, 0.6) is 5.75 Å². The number of esters is 1. The van der Waals surface area contributed by atoms with Crippen molar-refractivity contribution < 1.29 is 32.3 Å². The van der Waals surface area contributed by atoms with Crippen LogP contribution >= 0.6 is 0 Å². The maximum Gasteiger partial charge on any atom is 0.340 e. The average molecular weight is 415 g/mol. The lowest BCUT2D eigenvalue weighted by Crippen LogP contribution is -2.37. The summed E-state index contributed by atoms with van der Waals surface area (Å²) < 4.78 is 35.9. The Labute approximate surface area is 167 Å². The minimum absolute atomic E-state index is 0.0401. The van der Waals surface area contributed by atoms with Crippen molar-refractivity contribution in [2.45, 2.75) is 0 Å². The molecule has 0 aliphatic heterocycles. The van der Waals surface area contributed by atoms with Gasteiger partial charge >= 0.3 is 5.97 Å². The molecule has 0 fully saturated rings. The number of carbonyl (C=O) groups is 3. The van der Waals surface area contributed by atoms with E-state index in [1.807, 2.05) is 0 Å². The van der Waals surface area contributed by atoms with Crippen LogP contribution in [-0.4, -0.2) is 46.4 Å². The molecule has 0 heterocycles. The van der Waals surface area contributed by atoms with E-state index in [1.54, 1.807) is 6.07 Å². The van der Waals surface area contributed by atoms with Crippen molar-refractivity contribution in [3.63, 3.8) is 0 Å². The summed E-state index contributed by atoms with van der Waals surface area (Å²) in [4.78, 5) is 38.0. The molecule has 29 heavy (non-hydrogen) atoms. The fraction of sp³-hybridized carbons (Fsp3) is 0.150. The molecular formula is C20H17NO7S. The number of nitrogens with zero attached hydrogens (tertiary/aromatic N) is 1. The van der Waals surface area contributed by atoms with Crippen molar-refractivity contribution in [2.75, 3.05) is 24.8 Å². The van der Waals surface area contributed by atoms with Gasteiger partial charge in [0.05, 0.1) is 37.3 Å². The van der Waals surface area contributed by atoms with Gasteiger partial charge < -0.3 is 9.47 Å². The van der Waals surface area contributed by atoms with E-state index in [-0.39, 0.29) is 28.1 Å². The van der Waals surface area contributed by atoms with Gasteiger partial charge in [0, 0.05) is 11.6 Å². The highest BCUT2D eigenvalue weighted by atomic mass is 32.2. The maximum absolute atomic E-state index is 13.2. The molecule has 0 saturated carbocycles. The van der Waals surface area contributed by atoms with Crippen LogP contribution in [0.2, 0.25) is 0 Å². The zero-order valence-electron chi connectivity index (χ0n) is 15.8. The Morgan fingerprint density at radius 3 is 2.31 bits per heavy atom. The first kappa shape index (κ1) is 20.3. The molecule has 0 spiro atoms. The van der Waals surface area contributed by atoms with Crippen LogP contribution in [0.25, 0.3) is 0 Å². The number of hydrogen-bond donors (Lipinski definition) is 0. The Kier molecular flexibility index (Phi) is 5.25. The van der Waals surface area contributed by atoms with Crippen molar-refractivity contribution in [3.05, 3.63) is 70.9 Å². The van der Waals surface area contributed by atoms with Gasteiger partial charge in [-0.25, -0.2) is 17.5 Å². The molecule has 0 bridgehead atoms. The summed E-state index contributed by atoms with van der Waals surface area (Å²) in [5.41, 5.74) is -0.527. The number of sulfonamides is 1. The lowest BCUT2D eigenvalue weighted by Gasteiger charge is -2.28. The molecule has 0 aromatic heterocycles. The average Bonchev–Trinajstić information content (AvgIpc) is 2.70. The van der Waals surface area contributed by atoms with Crippen LogP contribution in [0.3, 0.4) is 0 Å². The van der Waals surface area contributed by atoms with E-state index >= 15 is 0 Å². The zero-order chi connectivity index (χ0) is 21.3. The van der Waals surface area contributed by atoms with Gasteiger partial charge in [0.2, 0.25) is 15.8 Å². The van der Waals surface area contributed by atoms with Gasteiger partial charge in [-0.05, 0) is 18.2 Å². The lowest BCUT2D eigenvalue weighted by molar-refractivity contribution is 0.0601. The smallest absolute Gasteiger partial charge is 0.340 e.